The molecule has 0 bridgehead atoms. The van der Waals surface area contributed by atoms with Gasteiger partial charge in [-0.05, 0) is 48.5 Å². The molecule has 27 heavy (non-hydrogen) atoms. The van der Waals surface area contributed by atoms with E-state index in [1.807, 2.05) is 48.5 Å². The minimum absolute atomic E-state index is 0.285. The number of hydrogen-bond donors (Lipinski definition) is 0. The number of rotatable bonds is 3. The van der Waals surface area contributed by atoms with E-state index < -0.39 is 5.97 Å². The van der Waals surface area contributed by atoms with Crippen molar-refractivity contribution >= 4 is 32.8 Å². The summed E-state index contributed by atoms with van der Waals surface area (Å²) in [6.45, 7) is 0. The number of benzene rings is 3. The van der Waals surface area contributed by atoms with Gasteiger partial charge in [-0.15, -0.1) is 0 Å². The smallest absolute Gasteiger partial charge is 0.344 e. The summed E-state index contributed by atoms with van der Waals surface area (Å²) in [5.74, 6) is -0.618. The predicted octanol–water partition coefficient (Wildman–Crippen LogP) is 6.02. The van der Waals surface area contributed by atoms with Crippen LogP contribution in [0.4, 0.5) is 4.39 Å². The Hall–Kier alpha value is -3.05. The normalized spacial score (nSPS) is 10.7. The van der Waals surface area contributed by atoms with Crippen LogP contribution in [-0.2, 0) is 0 Å². The molecule has 0 atom stereocenters. The SMILES string of the molecule is O=C(Oc1ccc(F)cc1)c1cc(-c2ccc(Br)cc2)nc2ccccc12. The monoisotopic (exact) mass is 421 g/mol. The largest absolute Gasteiger partial charge is 0.423 e. The van der Waals surface area contributed by atoms with Crippen molar-refractivity contribution in [1.82, 2.24) is 4.98 Å². The number of hydrogen-bond acceptors (Lipinski definition) is 3. The first kappa shape index (κ1) is 17.4. The molecule has 3 aromatic carbocycles. The van der Waals surface area contributed by atoms with Crippen LogP contribution in [0.3, 0.4) is 0 Å². The maximum Gasteiger partial charge on any atom is 0.344 e. The van der Waals surface area contributed by atoms with Crippen LogP contribution >= 0.6 is 15.9 Å². The van der Waals surface area contributed by atoms with Crippen molar-refractivity contribution in [3.63, 3.8) is 0 Å². The molecular formula is C22H13BrFNO2. The minimum atomic E-state index is -0.515. The molecule has 1 heterocycles. The van der Waals surface area contributed by atoms with Crippen LogP contribution < -0.4 is 4.74 Å². The molecule has 4 rings (SSSR count). The summed E-state index contributed by atoms with van der Waals surface area (Å²) in [5.41, 5.74) is 2.67. The third kappa shape index (κ3) is 3.73. The lowest BCUT2D eigenvalue weighted by Crippen LogP contribution is -2.10. The van der Waals surface area contributed by atoms with Gasteiger partial charge in [-0.2, -0.15) is 0 Å². The molecule has 0 aliphatic rings. The summed E-state index contributed by atoms with van der Waals surface area (Å²) in [6, 6.07) is 22.2. The Morgan fingerprint density at radius 2 is 1.63 bits per heavy atom. The van der Waals surface area contributed by atoms with E-state index >= 15 is 0 Å². The summed E-state index contributed by atoms with van der Waals surface area (Å²) in [6.07, 6.45) is 0. The van der Waals surface area contributed by atoms with Crippen LogP contribution in [-0.4, -0.2) is 11.0 Å². The molecule has 0 fully saturated rings. The highest BCUT2D eigenvalue weighted by Crippen LogP contribution is 2.27. The zero-order chi connectivity index (χ0) is 18.8. The van der Waals surface area contributed by atoms with E-state index in [1.54, 1.807) is 6.07 Å². The second kappa shape index (κ2) is 7.29. The van der Waals surface area contributed by atoms with Crippen molar-refractivity contribution < 1.29 is 13.9 Å². The third-order valence-electron chi connectivity index (χ3n) is 4.10. The van der Waals surface area contributed by atoms with Gasteiger partial charge in [0.05, 0.1) is 16.8 Å². The Morgan fingerprint density at radius 3 is 2.37 bits per heavy atom. The molecule has 0 saturated carbocycles. The maximum atomic E-state index is 13.1. The van der Waals surface area contributed by atoms with Crippen molar-refractivity contribution in [2.75, 3.05) is 0 Å². The van der Waals surface area contributed by atoms with Gasteiger partial charge in [-0.25, -0.2) is 14.2 Å². The Balaban J connectivity index is 1.79. The lowest BCUT2D eigenvalue weighted by atomic mass is 10.0. The predicted molar refractivity (Wildman–Crippen MR) is 106 cm³/mol. The number of aromatic nitrogens is 1. The molecule has 0 unspecified atom stereocenters. The first-order valence-corrected chi connectivity index (χ1v) is 9.03. The fraction of sp³-hybridized carbons (Fsp3) is 0. The van der Waals surface area contributed by atoms with Crippen LogP contribution in [0.25, 0.3) is 22.2 Å². The van der Waals surface area contributed by atoms with Gasteiger partial charge in [0.1, 0.15) is 11.6 Å². The third-order valence-corrected chi connectivity index (χ3v) is 4.63. The summed E-state index contributed by atoms with van der Waals surface area (Å²) >= 11 is 3.42. The summed E-state index contributed by atoms with van der Waals surface area (Å²) < 4.78 is 19.5. The topological polar surface area (TPSA) is 39.2 Å². The van der Waals surface area contributed by atoms with Gasteiger partial charge in [0, 0.05) is 15.4 Å². The molecule has 0 N–H and O–H groups in total. The number of pyridine rings is 1. The van der Waals surface area contributed by atoms with E-state index in [2.05, 4.69) is 20.9 Å². The average molecular weight is 422 g/mol. The number of para-hydroxylation sites is 1. The molecule has 4 aromatic rings. The van der Waals surface area contributed by atoms with Gasteiger partial charge < -0.3 is 4.74 Å². The molecular weight excluding hydrogens is 409 g/mol. The van der Waals surface area contributed by atoms with Crippen LogP contribution in [0.2, 0.25) is 0 Å². The standard InChI is InChI=1S/C22H13BrFNO2/c23-15-7-5-14(6-8-15)21-13-19(18-3-1-2-4-20(18)25-21)22(26)27-17-11-9-16(24)10-12-17/h1-13H. The first-order chi connectivity index (χ1) is 13.1. The van der Waals surface area contributed by atoms with Gasteiger partial charge in [0.2, 0.25) is 0 Å². The number of carbonyl (C=O) groups excluding carboxylic acids is 1. The number of esters is 1. The summed E-state index contributed by atoms with van der Waals surface area (Å²) in [7, 11) is 0. The highest BCUT2D eigenvalue weighted by atomic mass is 79.9. The number of nitrogens with zero attached hydrogens (tertiary/aromatic N) is 1. The molecule has 0 spiro atoms. The van der Waals surface area contributed by atoms with Crippen LogP contribution in [0, 0.1) is 5.82 Å². The zero-order valence-corrected chi connectivity index (χ0v) is 15.6. The lowest BCUT2D eigenvalue weighted by Gasteiger charge is -2.10. The fourth-order valence-corrected chi connectivity index (χ4v) is 3.04. The highest BCUT2D eigenvalue weighted by molar-refractivity contribution is 9.10. The van der Waals surface area contributed by atoms with Crippen molar-refractivity contribution in [2.45, 2.75) is 0 Å². The van der Waals surface area contributed by atoms with Crippen molar-refractivity contribution in [3.8, 4) is 17.0 Å². The van der Waals surface area contributed by atoms with Gasteiger partial charge >= 0.3 is 5.97 Å². The van der Waals surface area contributed by atoms with E-state index in [0.29, 0.717) is 22.2 Å². The molecule has 0 amide bonds. The second-order valence-electron chi connectivity index (χ2n) is 5.92. The maximum absolute atomic E-state index is 13.1. The van der Waals surface area contributed by atoms with Gasteiger partial charge in [-0.1, -0.05) is 46.3 Å². The van der Waals surface area contributed by atoms with E-state index in [0.717, 1.165) is 10.0 Å². The first-order valence-electron chi connectivity index (χ1n) is 8.23. The van der Waals surface area contributed by atoms with E-state index in [9.17, 15) is 9.18 Å². The van der Waals surface area contributed by atoms with E-state index in [1.165, 1.54) is 24.3 Å². The van der Waals surface area contributed by atoms with Crippen LogP contribution in [0.15, 0.2) is 83.3 Å². The molecule has 1 aromatic heterocycles. The molecule has 132 valence electrons. The molecule has 3 nitrogen and oxygen atoms in total. The molecule has 5 heteroatoms. The number of carbonyl (C=O) groups is 1. The number of halogens is 2. The van der Waals surface area contributed by atoms with Gasteiger partial charge in [-0.3, -0.25) is 0 Å². The van der Waals surface area contributed by atoms with Gasteiger partial charge in [0.25, 0.3) is 0 Å². The molecule has 0 aliphatic carbocycles. The minimum Gasteiger partial charge on any atom is -0.423 e. The van der Waals surface area contributed by atoms with Crippen molar-refractivity contribution in [1.29, 1.82) is 0 Å². The number of ether oxygens (including phenoxy) is 1. The molecule has 0 aliphatic heterocycles. The lowest BCUT2D eigenvalue weighted by molar-refractivity contribution is 0.0736. The molecule has 0 saturated heterocycles. The average Bonchev–Trinajstić information content (AvgIpc) is 2.69. The Morgan fingerprint density at radius 1 is 0.926 bits per heavy atom. The fourth-order valence-electron chi connectivity index (χ4n) is 2.78. The van der Waals surface area contributed by atoms with Crippen molar-refractivity contribution in [2.24, 2.45) is 0 Å². The van der Waals surface area contributed by atoms with Crippen molar-refractivity contribution in [3.05, 3.63) is 94.7 Å². The van der Waals surface area contributed by atoms with E-state index in [-0.39, 0.29) is 11.6 Å². The quantitative estimate of drug-likeness (QED) is 0.299. The molecule has 0 radical (unpaired) electrons. The Labute approximate surface area is 163 Å². The van der Waals surface area contributed by atoms with Crippen LogP contribution in [0.1, 0.15) is 10.4 Å². The summed E-state index contributed by atoms with van der Waals surface area (Å²) in [4.78, 5) is 17.5. The number of fused-ring (bicyclic) bond motifs is 1. The van der Waals surface area contributed by atoms with E-state index in [4.69, 9.17) is 4.74 Å². The highest BCUT2D eigenvalue weighted by Gasteiger charge is 2.16. The second-order valence-corrected chi connectivity index (χ2v) is 6.84. The van der Waals surface area contributed by atoms with Gasteiger partial charge in [0.15, 0.2) is 0 Å². The van der Waals surface area contributed by atoms with Crippen LogP contribution in [0.5, 0.6) is 5.75 Å². The summed E-state index contributed by atoms with van der Waals surface area (Å²) in [5, 5.41) is 0.700. The Bertz CT molecular complexity index is 1130. The zero-order valence-electron chi connectivity index (χ0n) is 14.0. The Kier molecular flexibility index (Phi) is 4.69.